The molecule has 2 aromatic heterocycles. The smallest absolute Gasteiger partial charge is 0.234 e. The fraction of sp³-hybridized carbons (Fsp3) is 0.600. The summed E-state index contributed by atoms with van der Waals surface area (Å²) in [7, 11) is 0. The van der Waals surface area contributed by atoms with E-state index in [9.17, 15) is 0 Å². The molecule has 0 spiro atoms. The van der Waals surface area contributed by atoms with Gasteiger partial charge >= 0.3 is 0 Å². The van der Waals surface area contributed by atoms with E-state index in [1.807, 2.05) is 6.07 Å². The molecule has 0 aliphatic heterocycles. The Labute approximate surface area is 118 Å². The molecule has 0 N–H and O–H groups in total. The Hall–Kier alpha value is -1.96. The van der Waals surface area contributed by atoms with Crippen LogP contribution in [-0.4, -0.2) is 19.5 Å². The zero-order chi connectivity index (χ0) is 13.9. The molecule has 0 atom stereocenters. The van der Waals surface area contributed by atoms with Crippen molar-refractivity contribution in [1.82, 2.24) is 19.5 Å². The van der Waals surface area contributed by atoms with E-state index >= 15 is 0 Å². The third-order valence-electron chi connectivity index (χ3n) is 4.15. The van der Waals surface area contributed by atoms with Crippen molar-refractivity contribution in [3.8, 4) is 6.07 Å². The van der Waals surface area contributed by atoms with Crippen molar-refractivity contribution >= 4 is 11.2 Å². The van der Waals surface area contributed by atoms with Gasteiger partial charge in [0.1, 0.15) is 17.4 Å². The molecule has 1 aliphatic rings. The van der Waals surface area contributed by atoms with Gasteiger partial charge in [-0.25, -0.2) is 9.97 Å². The van der Waals surface area contributed by atoms with Gasteiger partial charge in [-0.15, -0.1) is 0 Å². The lowest BCUT2D eigenvalue weighted by molar-refractivity contribution is 0.318. The lowest BCUT2D eigenvalue weighted by Gasteiger charge is -2.22. The molecule has 0 amide bonds. The molecule has 5 nitrogen and oxygen atoms in total. The van der Waals surface area contributed by atoms with Crippen molar-refractivity contribution in [3.05, 3.63) is 17.8 Å². The van der Waals surface area contributed by atoms with Gasteiger partial charge in [0.2, 0.25) is 5.82 Å². The van der Waals surface area contributed by atoms with Gasteiger partial charge in [0.05, 0.1) is 6.20 Å². The van der Waals surface area contributed by atoms with Crippen LogP contribution < -0.4 is 0 Å². The molecule has 2 heterocycles. The molecule has 0 bridgehead atoms. The monoisotopic (exact) mass is 269 g/mol. The van der Waals surface area contributed by atoms with Crippen LogP contribution in [0.25, 0.3) is 11.2 Å². The zero-order valence-electron chi connectivity index (χ0n) is 11.8. The predicted octanol–water partition coefficient (Wildman–Crippen LogP) is 2.84. The molecule has 1 aliphatic carbocycles. The van der Waals surface area contributed by atoms with Crippen molar-refractivity contribution in [2.75, 3.05) is 0 Å². The van der Waals surface area contributed by atoms with Crippen molar-refractivity contribution in [2.45, 2.75) is 52.0 Å². The molecule has 3 rings (SSSR count). The van der Waals surface area contributed by atoms with Crippen molar-refractivity contribution < 1.29 is 0 Å². The number of rotatable bonds is 3. The van der Waals surface area contributed by atoms with E-state index < -0.39 is 0 Å². The van der Waals surface area contributed by atoms with Crippen molar-refractivity contribution in [1.29, 1.82) is 5.26 Å². The fourth-order valence-corrected chi connectivity index (χ4v) is 3.11. The minimum absolute atomic E-state index is 0.227. The molecule has 0 saturated heterocycles. The van der Waals surface area contributed by atoms with Crippen LogP contribution in [0.15, 0.2) is 6.20 Å². The normalized spacial score (nSPS) is 16.4. The first kappa shape index (κ1) is 13.0. The summed E-state index contributed by atoms with van der Waals surface area (Å²) in [4.78, 5) is 13.0. The Morgan fingerprint density at radius 2 is 2.10 bits per heavy atom. The molecule has 1 saturated carbocycles. The molecule has 5 heteroatoms. The number of nitrogens with zero attached hydrogens (tertiary/aromatic N) is 5. The van der Waals surface area contributed by atoms with Gasteiger partial charge in [-0.2, -0.15) is 10.2 Å². The van der Waals surface area contributed by atoms with Crippen molar-refractivity contribution in [2.24, 2.45) is 5.92 Å². The first-order valence-electron chi connectivity index (χ1n) is 7.44. The topological polar surface area (TPSA) is 67.4 Å². The fourth-order valence-electron chi connectivity index (χ4n) is 3.11. The highest BCUT2D eigenvalue weighted by molar-refractivity contribution is 5.70. The Balaban J connectivity index is 1.99. The summed E-state index contributed by atoms with van der Waals surface area (Å²) in [6.45, 7) is 3.08. The summed E-state index contributed by atoms with van der Waals surface area (Å²) >= 11 is 0. The SMILES string of the molecule is CCc1nc2cnc(C#N)nc2n1CC1CCCCC1. The Morgan fingerprint density at radius 3 is 2.80 bits per heavy atom. The van der Waals surface area contributed by atoms with Gasteiger partial charge < -0.3 is 4.57 Å². The van der Waals surface area contributed by atoms with Crippen LogP contribution in [0.5, 0.6) is 0 Å². The molecule has 0 unspecified atom stereocenters. The van der Waals surface area contributed by atoms with Gasteiger partial charge in [0, 0.05) is 13.0 Å². The van der Waals surface area contributed by atoms with Crippen LogP contribution in [0.4, 0.5) is 0 Å². The van der Waals surface area contributed by atoms with E-state index in [0.717, 1.165) is 30.0 Å². The van der Waals surface area contributed by atoms with E-state index in [1.165, 1.54) is 32.1 Å². The van der Waals surface area contributed by atoms with Gasteiger partial charge in [-0.05, 0) is 18.8 Å². The molecule has 1 fully saturated rings. The molecule has 0 radical (unpaired) electrons. The number of hydrogen-bond donors (Lipinski definition) is 0. The quantitative estimate of drug-likeness (QED) is 0.859. The third kappa shape index (κ3) is 2.38. The minimum Gasteiger partial charge on any atom is -0.312 e. The summed E-state index contributed by atoms with van der Waals surface area (Å²) in [6, 6.07) is 2.01. The van der Waals surface area contributed by atoms with Gasteiger partial charge in [-0.1, -0.05) is 26.2 Å². The van der Waals surface area contributed by atoms with Gasteiger partial charge in [0.15, 0.2) is 5.65 Å². The van der Waals surface area contributed by atoms with E-state index in [1.54, 1.807) is 6.20 Å². The summed E-state index contributed by atoms with van der Waals surface area (Å²) in [5, 5.41) is 8.97. The third-order valence-corrected chi connectivity index (χ3v) is 4.15. The second-order valence-electron chi connectivity index (χ2n) is 5.51. The number of aromatic nitrogens is 4. The average Bonchev–Trinajstić information content (AvgIpc) is 2.85. The van der Waals surface area contributed by atoms with Crippen LogP contribution in [0.1, 0.15) is 50.7 Å². The van der Waals surface area contributed by atoms with Gasteiger partial charge in [-0.3, -0.25) is 0 Å². The predicted molar refractivity (Wildman–Crippen MR) is 76.0 cm³/mol. The summed E-state index contributed by atoms with van der Waals surface area (Å²) < 4.78 is 2.20. The van der Waals surface area contributed by atoms with E-state index in [0.29, 0.717) is 5.92 Å². The van der Waals surface area contributed by atoms with Crippen molar-refractivity contribution in [3.63, 3.8) is 0 Å². The van der Waals surface area contributed by atoms with Crippen LogP contribution in [0.3, 0.4) is 0 Å². The van der Waals surface area contributed by atoms with E-state index in [-0.39, 0.29) is 5.82 Å². The highest BCUT2D eigenvalue weighted by Crippen LogP contribution is 2.27. The lowest BCUT2D eigenvalue weighted by atomic mass is 9.89. The molecule has 2 aromatic rings. The Kier molecular flexibility index (Phi) is 3.64. The average molecular weight is 269 g/mol. The second-order valence-corrected chi connectivity index (χ2v) is 5.51. The van der Waals surface area contributed by atoms with Crippen LogP contribution in [0.2, 0.25) is 0 Å². The first-order valence-corrected chi connectivity index (χ1v) is 7.44. The maximum atomic E-state index is 8.97. The number of hydrogen-bond acceptors (Lipinski definition) is 4. The number of aryl methyl sites for hydroxylation is 1. The van der Waals surface area contributed by atoms with Crippen LogP contribution in [0, 0.1) is 17.2 Å². The van der Waals surface area contributed by atoms with E-state index in [2.05, 4.69) is 26.4 Å². The van der Waals surface area contributed by atoms with Crippen LogP contribution >= 0.6 is 0 Å². The first-order chi connectivity index (χ1) is 9.81. The summed E-state index contributed by atoms with van der Waals surface area (Å²) in [5.74, 6) is 1.99. The lowest BCUT2D eigenvalue weighted by Crippen LogP contribution is -2.16. The second kappa shape index (κ2) is 5.58. The zero-order valence-corrected chi connectivity index (χ0v) is 11.8. The molecular weight excluding hydrogens is 250 g/mol. The molecule has 20 heavy (non-hydrogen) atoms. The maximum absolute atomic E-state index is 8.97. The molecule has 104 valence electrons. The number of nitriles is 1. The largest absolute Gasteiger partial charge is 0.312 e. The maximum Gasteiger partial charge on any atom is 0.234 e. The molecular formula is C15H19N5. The Morgan fingerprint density at radius 1 is 1.30 bits per heavy atom. The standard InChI is InChI=1S/C15H19N5/c1-2-14-18-12-9-17-13(8-16)19-15(12)20(14)10-11-6-4-3-5-7-11/h9,11H,2-7,10H2,1H3. The highest BCUT2D eigenvalue weighted by atomic mass is 15.1. The summed E-state index contributed by atoms with van der Waals surface area (Å²) in [5.41, 5.74) is 1.62. The summed E-state index contributed by atoms with van der Waals surface area (Å²) in [6.07, 6.45) is 9.15. The Bertz CT molecular complexity index is 646. The number of fused-ring (bicyclic) bond motifs is 1. The molecule has 0 aromatic carbocycles. The van der Waals surface area contributed by atoms with E-state index in [4.69, 9.17) is 5.26 Å². The van der Waals surface area contributed by atoms with Crippen LogP contribution in [-0.2, 0) is 13.0 Å². The minimum atomic E-state index is 0.227. The highest BCUT2D eigenvalue weighted by Gasteiger charge is 2.18. The number of imidazole rings is 1. The van der Waals surface area contributed by atoms with Gasteiger partial charge in [0.25, 0.3) is 0 Å².